The molecule has 0 aliphatic carbocycles. The Bertz CT molecular complexity index is 684. The number of hydrogen-bond donors (Lipinski definition) is 1. The van der Waals surface area contributed by atoms with Crippen LogP contribution in [0.3, 0.4) is 0 Å². The molecular weight excluding hydrogens is 270 g/mol. The van der Waals surface area contributed by atoms with Gasteiger partial charge >= 0.3 is 0 Å². The van der Waals surface area contributed by atoms with Gasteiger partial charge in [-0.15, -0.1) is 0 Å². The molecule has 1 heterocycles. The predicted molar refractivity (Wildman–Crippen MR) is 76.8 cm³/mol. The highest BCUT2D eigenvalue weighted by atomic mass is 16.5. The fourth-order valence-electron chi connectivity index (χ4n) is 2.30. The van der Waals surface area contributed by atoms with Crippen LogP contribution in [0.5, 0.6) is 17.2 Å². The molecule has 1 N–H and O–H groups in total. The van der Waals surface area contributed by atoms with Gasteiger partial charge in [0.15, 0.2) is 0 Å². The van der Waals surface area contributed by atoms with Crippen molar-refractivity contribution >= 4 is 5.91 Å². The third kappa shape index (κ3) is 2.38. The van der Waals surface area contributed by atoms with Crippen molar-refractivity contribution in [2.75, 3.05) is 14.2 Å². The van der Waals surface area contributed by atoms with Crippen molar-refractivity contribution in [1.82, 2.24) is 5.32 Å². The molecule has 0 fully saturated rings. The standard InChI is InChI=1S/C16H15NO4/c1-19-10-7-8-13(20-2)12(9-10)16-17-15(18)11-5-3-4-6-14(11)21-16/h3-9,16H,1-2H3,(H,17,18)/t16-/m0/s1. The normalized spacial score (nSPS) is 16.5. The van der Waals surface area contributed by atoms with Crippen LogP contribution in [0.15, 0.2) is 42.5 Å². The summed E-state index contributed by atoms with van der Waals surface area (Å²) in [4.78, 5) is 12.2. The molecule has 2 aromatic carbocycles. The highest BCUT2D eigenvalue weighted by molar-refractivity contribution is 5.98. The maximum atomic E-state index is 12.2. The third-order valence-electron chi connectivity index (χ3n) is 3.36. The van der Waals surface area contributed by atoms with Crippen molar-refractivity contribution in [3.05, 3.63) is 53.6 Å². The molecule has 3 rings (SSSR count). The number of carbonyl (C=O) groups excluding carboxylic acids is 1. The lowest BCUT2D eigenvalue weighted by molar-refractivity contribution is 0.0751. The summed E-state index contributed by atoms with van der Waals surface area (Å²) in [5.74, 6) is 1.67. The molecule has 0 unspecified atom stereocenters. The number of rotatable bonds is 3. The number of benzene rings is 2. The Morgan fingerprint density at radius 2 is 1.90 bits per heavy atom. The zero-order chi connectivity index (χ0) is 14.8. The van der Waals surface area contributed by atoms with Crippen LogP contribution >= 0.6 is 0 Å². The molecule has 1 aliphatic rings. The summed E-state index contributed by atoms with van der Waals surface area (Å²) in [5, 5.41) is 2.82. The molecule has 0 bridgehead atoms. The second kappa shape index (κ2) is 5.36. The smallest absolute Gasteiger partial charge is 0.258 e. The van der Waals surface area contributed by atoms with Gasteiger partial charge in [0.25, 0.3) is 5.91 Å². The molecule has 2 aromatic rings. The maximum Gasteiger partial charge on any atom is 0.258 e. The number of fused-ring (bicyclic) bond motifs is 1. The Morgan fingerprint density at radius 3 is 2.67 bits per heavy atom. The molecular formula is C16H15NO4. The van der Waals surface area contributed by atoms with Gasteiger partial charge < -0.3 is 19.5 Å². The summed E-state index contributed by atoms with van der Waals surface area (Å²) < 4.78 is 16.4. The van der Waals surface area contributed by atoms with E-state index in [1.54, 1.807) is 50.6 Å². The average molecular weight is 285 g/mol. The Balaban J connectivity index is 2.01. The number of nitrogens with one attached hydrogen (secondary N) is 1. The monoisotopic (exact) mass is 285 g/mol. The highest BCUT2D eigenvalue weighted by Gasteiger charge is 2.28. The molecule has 108 valence electrons. The maximum absolute atomic E-state index is 12.2. The van der Waals surface area contributed by atoms with Gasteiger partial charge in [-0.2, -0.15) is 0 Å². The minimum Gasteiger partial charge on any atom is -0.497 e. The Kier molecular flexibility index (Phi) is 3.39. The summed E-state index contributed by atoms with van der Waals surface area (Å²) in [6, 6.07) is 12.5. The van der Waals surface area contributed by atoms with Crippen LogP contribution in [0.2, 0.25) is 0 Å². The third-order valence-corrected chi connectivity index (χ3v) is 3.36. The van der Waals surface area contributed by atoms with Gasteiger partial charge in [-0.05, 0) is 30.3 Å². The number of hydrogen-bond acceptors (Lipinski definition) is 4. The van der Waals surface area contributed by atoms with E-state index in [1.165, 1.54) is 0 Å². The van der Waals surface area contributed by atoms with E-state index in [0.717, 1.165) is 0 Å². The molecule has 1 amide bonds. The summed E-state index contributed by atoms with van der Waals surface area (Å²) in [5.41, 5.74) is 1.23. The van der Waals surface area contributed by atoms with Crippen LogP contribution in [0.25, 0.3) is 0 Å². The van der Waals surface area contributed by atoms with E-state index in [-0.39, 0.29) is 5.91 Å². The second-order valence-electron chi connectivity index (χ2n) is 4.58. The second-order valence-corrected chi connectivity index (χ2v) is 4.58. The minimum absolute atomic E-state index is 0.174. The van der Waals surface area contributed by atoms with Crippen LogP contribution in [-0.4, -0.2) is 20.1 Å². The number of carbonyl (C=O) groups is 1. The number of methoxy groups -OCH3 is 2. The van der Waals surface area contributed by atoms with Crippen LogP contribution in [0, 0.1) is 0 Å². The molecule has 1 atom stereocenters. The molecule has 21 heavy (non-hydrogen) atoms. The van der Waals surface area contributed by atoms with E-state index in [9.17, 15) is 4.79 Å². The molecule has 0 saturated carbocycles. The van der Waals surface area contributed by atoms with Crippen LogP contribution < -0.4 is 19.5 Å². The zero-order valence-corrected chi connectivity index (χ0v) is 11.8. The van der Waals surface area contributed by atoms with Gasteiger partial charge in [-0.1, -0.05) is 12.1 Å². The molecule has 0 radical (unpaired) electrons. The van der Waals surface area contributed by atoms with Crippen LogP contribution in [0.1, 0.15) is 22.1 Å². The van der Waals surface area contributed by atoms with E-state index in [0.29, 0.717) is 28.4 Å². The average Bonchev–Trinajstić information content (AvgIpc) is 2.54. The predicted octanol–water partition coefficient (Wildman–Crippen LogP) is 2.52. The molecule has 5 nitrogen and oxygen atoms in total. The first-order chi connectivity index (χ1) is 10.2. The lowest BCUT2D eigenvalue weighted by atomic mass is 10.1. The van der Waals surface area contributed by atoms with Crippen molar-refractivity contribution in [1.29, 1.82) is 0 Å². The topological polar surface area (TPSA) is 56.8 Å². The van der Waals surface area contributed by atoms with Gasteiger partial charge in [0.05, 0.1) is 25.3 Å². The Morgan fingerprint density at radius 1 is 1.10 bits per heavy atom. The number of amides is 1. The lowest BCUT2D eigenvalue weighted by Gasteiger charge is -2.28. The summed E-state index contributed by atoms with van der Waals surface area (Å²) in [7, 11) is 3.16. The van der Waals surface area contributed by atoms with Crippen LogP contribution in [0.4, 0.5) is 0 Å². The first kappa shape index (κ1) is 13.3. The van der Waals surface area contributed by atoms with Crippen molar-refractivity contribution < 1.29 is 19.0 Å². The van der Waals surface area contributed by atoms with Crippen molar-refractivity contribution in [3.8, 4) is 17.2 Å². The van der Waals surface area contributed by atoms with E-state index in [1.807, 2.05) is 6.07 Å². The zero-order valence-electron chi connectivity index (χ0n) is 11.8. The molecule has 0 aromatic heterocycles. The summed E-state index contributed by atoms with van der Waals surface area (Å²) in [6.07, 6.45) is -0.613. The van der Waals surface area contributed by atoms with E-state index in [4.69, 9.17) is 14.2 Å². The van der Waals surface area contributed by atoms with Gasteiger partial charge in [0.2, 0.25) is 6.23 Å². The van der Waals surface area contributed by atoms with Gasteiger partial charge in [0, 0.05) is 0 Å². The molecule has 1 aliphatic heterocycles. The summed E-state index contributed by atoms with van der Waals surface area (Å²) >= 11 is 0. The van der Waals surface area contributed by atoms with E-state index >= 15 is 0 Å². The SMILES string of the molecule is COc1ccc(OC)c([C@H]2NC(=O)c3ccccc3O2)c1. The van der Waals surface area contributed by atoms with Crippen molar-refractivity contribution in [3.63, 3.8) is 0 Å². The quantitative estimate of drug-likeness (QED) is 0.941. The Labute approximate surface area is 122 Å². The molecule has 0 saturated heterocycles. The fraction of sp³-hybridized carbons (Fsp3) is 0.188. The van der Waals surface area contributed by atoms with Crippen LogP contribution in [-0.2, 0) is 0 Å². The molecule has 0 spiro atoms. The fourth-order valence-corrected chi connectivity index (χ4v) is 2.30. The first-order valence-electron chi connectivity index (χ1n) is 6.51. The summed E-state index contributed by atoms with van der Waals surface area (Å²) in [6.45, 7) is 0. The number of para-hydroxylation sites is 1. The van der Waals surface area contributed by atoms with Gasteiger partial charge in [-0.3, -0.25) is 4.79 Å². The molecule has 5 heteroatoms. The van der Waals surface area contributed by atoms with E-state index in [2.05, 4.69) is 5.32 Å². The first-order valence-corrected chi connectivity index (χ1v) is 6.51. The van der Waals surface area contributed by atoms with Crippen molar-refractivity contribution in [2.24, 2.45) is 0 Å². The largest absolute Gasteiger partial charge is 0.497 e. The Hall–Kier alpha value is -2.69. The van der Waals surface area contributed by atoms with Gasteiger partial charge in [-0.25, -0.2) is 0 Å². The van der Waals surface area contributed by atoms with Gasteiger partial charge in [0.1, 0.15) is 17.2 Å². The lowest BCUT2D eigenvalue weighted by Crippen LogP contribution is -2.36. The minimum atomic E-state index is -0.613. The highest BCUT2D eigenvalue weighted by Crippen LogP contribution is 2.34. The van der Waals surface area contributed by atoms with Crippen molar-refractivity contribution in [2.45, 2.75) is 6.23 Å². The van der Waals surface area contributed by atoms with E-state index < -0.39 is 6.23 Å². The number of ether oxygens (including phenoxy) is 3.